The van der Waals surface area contributed by atoms with Crippen LogP contribution in [0.2, 0.25) is 5.02 Å². The lowest BCUT2D eigenvalue weighted by Crippen LogP contribution is -2.20. The van der Waals surface area contributed by atoms with Gasteiger partial charge in [0.25, 0.3) is 5.56 Å². The van der Waals surface area contributed by atoms with Crippen molar-refractivity contribution in [1.29, 1.82) is 0 Å². The van der Waals surface area contributed by atoms with Crippen molar-refractivity contribution in [2.45, 2.75) is 19.8 Å². The van der Waals surface area contributed by atoms with Crippen LogP contribution in [0.1, 0.15) is 23.7 Å². The third-order valence-electron chi connectivity index (χ3n) is 5.42. The van der Waals surface area contributed by atoms with E-state index in [0.29, 0.717) is 40.6 Å². The van der Waals surface area contributed by atoms with Crippen LogP contribution in [0.5, 0.6) is 0 Å². The summed E-state index contributed by atoms with van der Waals surface area (Å²) in [6.45, 7) is 2.16. The summed E-state index contributed by atoms with van der Waals surface area (Å²) in [5.74, 6) is -0.906. The minimum absolute atomic E-state index is 0.122. The molecule has 4 aromatic rings. The second-order valence-corrected chi connectivity index (χ2v) is 7.99. The van der Waals surface area contributed by atoms with Gasteiger partial charge in [0, 0.05) is 34.4 Å². The van der Waals surface area contributed by atoms with Crippen LogP contribution in [0.3, 0.4) is 0 Å². The van der Waals surface area contributed by atoms with Crippen molar-refractivity contribution in [1.82, 2.24) is 14.8 Å². The fraction of sp³-hybridized carbons (Fsp3) is 0.208. The first-order valence-corrected chi connectivity index (χ1v) is 10.7. The van der Waals surface area contributed by atoms with Crippen molar-refractivity contribution in [2.75, 3.05) is 13.7 Å². The number of carbonyl (C=O) groups is 1. The first kappa shape index (κ1) is 22.5. The quantitative estimate of drug-likeness (QED) is 0.314. The second kappa shape index (κ2) is 9.46. The number of H-pyrrole nitrogens is 2. The van der Waals surface area contributed by atoms with E-state index in [1.54, 1.807) is 6.92 Å². The number of nitrogens with one attached hydrogen (secondary N) is 2. The Morgan fingerprint density at radius 3 is 2.70 bits per heavy atom. The Labute approximate surface area is 193 Å². The van der Waals surface area contributed by atoms with Gasteiger partial charge in [-0.1, -0.05) is 11.6 Å². The number of fused-ring (bicyclic) bond motifs is 1. The molecule has 0 unspecified atom stereocenters. The summed E-state index contributed by atoms with van der Waals surface area (Å²) in [7, 11) is 1.28. The molecule has 0 saturated heterocycles. The topological polar surface area (TPSA) is 92.2 Å². The first-order valence-electron chi connectivity index (χ1n) is 10.3. The average Bonchev–Trinajstić information content (AvgIpc) is 3.34. The smallest absolute Gasteiger partial charge is 0.311 e. The Kier molecular flexibility index (Phi) is 6.46. The van der Waals surface area contributed by atoms with Gasteiger partial charge in [-0.15, -0.1) is 0 Å². The molecule has 0 radical (unpaired) electrons. The molecule has 0 saturated carbocycles. The van der Waals surface area contributed by atoms with Gasteiger partial charge in [-0.3, -0.25) is 19.7 Å². The van der Waals surface area contributed by atoms with Gasteiger partial charge in [0.05, 0.1) is 30.5 Å². The molecule has 2 aromatic heterocycles. The van der Waals surface area contributed by atoms with Crippen LogP contribution in [-0.2, 0) is 22.4 Å². The number of ether oxygens (including phenoxy) is 1. The van der Waals surface area contributed by atoms with Crippen LogP contribution in [0.15, 0.2) is 58.4 Å². The molecule has 170 valence electrons. The number of methoxy groups -OCH3 is 1. The van der Waals surface area contributed by atoms with Crippen LogP contribution in [0.4, 0.5) is 4.39 Å². The molecule has 0 atom stereocenters. The van der Waals surface area contributed by atoms with Crippen LogP contribution < -0.4 is 5.56 Å². The molecule has 0 amide bonds. The predicted octanol–water partition coefficient (Wildman–Crippen LogP) is 4.21. The summed E-state index contributed by atoms with van der Waals surface area (Å²) in [6.07, 6.45) is 2.44. The number of carbonyl (C=O) groups excluding carboxylic acids is 1. The highest BCUT2D eigenvalue weighted by molar-refractivity contribution is 6.31. The van der Waals surface area contributed by atoms with E-state index in [4.69, 9.17) is 16.3 Å². The van der Waals surface area contributed by atoms with E-state index >= 15 is 0 Å². The van der Waals surface area contributed by atoms with E-state index in [2.05, 4.69) is 15.1 Å². The van der Waals surface area contributed by atoms with E-state index < -0.39 is 11.8 Å². The summed E-state index contributed by atoms with van der Waals surface area (Å²) in [5.41, 5.74) is 3.31. The molecule has 2 heterocycles. The maximum atomic E-state index is 13.3. The molecule has 0 fully saturated rings. The number of benzene rings is 2. The SMILES string of the molecule is COC(=O)Cc1[nH]n(-c2ccc(F)cc2)c(=O)c1C(C)=NCCc1c[nH]c2ccc(Cl)cc12. The standard InChI is InChI=1S/C24H22ClFN4O3/c1-14(27-10-9-15-13-28-20-8-3-16(25)11-19(15)20)23-21(12-22(31)33-2)29-30(24(23)32)18-6-4-17(26)5-7-18/h3-8,11,13,28-29H,9-10,12H2,1-2H3. The summed E-state index contributed by atoms with van der Waals surface area (Å²) in [5, 5.41) is 4.63. The number of aliphatic imine (C=N–C) groups is 1. The van der Waals surface area contributed by atoms with Crippen molar-refractivity contribution < 1.29 is 13.9 Å². The first-order chi connectivity index (χ1) is 15.9. The van der Waals surface area contributed by atoms with Gasteiger partial charge < -0.3 is 9.72 Å². The summed E-state index contributed by atoms with van der Waals surface area (Å²) >= 11 is 6.12. The van der Waals surface area contributed by atoms with Gasteiger partial charge >= 0.3 is 5.97 Å². The molecule has 2 aromatic carbocycles. The fourth-order valence-electron chi connectivity index (χ4n) is 3.75. The minimum atomic E-state index is -0.493. The maximum Gasteiger partial charge on any atom is 0.311 e. The molecule has 2 N–H and O–H groups in total. The number of nitrogens with zero attached hydrogens (tertiary/aromatic N) is 2. The predicted molar refractivity (Wildman–Crippen MR) is 126 cm³/mol. The Morgan fingerprint density at radius 2 is 1.97 bits per heavy atom. The van der Waals surface area contributed by atoms with E-state index in [9.17, 15) is 14.0 Å². The Bertz CT molecular complexity index is 1400. The van der Waals surface area contributed by atoms with Gasteiger partial charge in [0.2, 0.25) is 0 Å². The van der Waals surface area contributed by atoms with Crippen LogP contribution >= 0.6 is 11.6 Å². The van der Waals surface area contributed by atoms with E-state index in [1.165, 1.54) is 36.1 Å². The normalized spacial score (nSPS) is 11.8. The molecular formula is C24H22ClFN4O3. The molecule has 0 spiro atoms. The number of rotatable bonds is 7. The number of esters is 1. The number of hydrogen-bond acceptors (Lipinski definition) is 4. The van der Waals surface area contributed by atoms with Crippen molar-refractivity contribution >= 4 is 34.2 Å². The van der Waals surface area contributed by atoms with Crippen molar-refractivity contribution in [2.24, 2.45) is 4.99 Å². The van der Waals surface area contributed by atoms with Crippen LogP contribution in [0, 0.1) is 5.82 Å². The minimum Gasteiger partial charge on any atom is -0.469 e. The lowest BCUT2D eigenvalue weighted by Gasteiger charge is -2.02. The van der Waals surface area contributed by atoms with Gasteiger partial charge in [0.15, 0.2) is 0 Å². The zero-order chi connectivity index (χ0) is 23.5. The fourth-order valence-corrected chi connectivity index (χ4v) is 3.92. The number of halogens is 2. The van der Waals surface area contributed by atoms with Gasteiger partial charge in [-0.2, -0.15) is 0 Å². The largest absolute Gasteiger partial charge is 0.469 e. The third kappa shape index (κ3) is 4.75. The zero-order valence-electron chi connectivity index (χ0n) is 18.1. The monoisotopic (exact) mass is 468 g/mol. The summed E-state index contributed by atoms with van der Waals surface area (Å²) < 4.78 is 19.4. The lowest BCUT2D eigenvalue weighted by molar-refractivity contribution is -0.139. The molecular weight excluding hydrogens is 447 g/mol. The van der Waals surface area contributed by atoms with Crippen LogP contribution in [-0.4, -0.2) is 40.1 Å². The van der Waals surface area contributed by atoms with E-state index in [0.717, 1.165) is 16.5 Å². The van der Waals surface area contributed by atoms with Crippen LogP contribution in [0.25, 0.3) is 16.6 Å². The van der Waals surface area contributed by atoms with Crippen molar-refractivity contribution in [3.8, 4) is 5.69 Å². The molecule has 0 bridgehead atoms. The molecule has 0 aliphatic rings. The lowest BCUT2D eigenvalue weighted by atomic mass is 10.1. The van der Waals surface area contributed by atoms with E-state index in [-0.39, 0.29) is 12.0 Å². The molecule has 9 heteroatoms. The van der Waals surface area contributed by atoms with Gasteiger partial charge in [-0.05, 0) is 61.4 Å². The number of hydrogen-bond donors (Lipinski definition) is 2. The highest BCUT2D eigenvalue weighted by Crippen LogP contribution is 2.23. The second-order valence-electron chi connectivity index (χ2n) is 7.56. The maximum absolute atomic E-state index is 13.3. The Balaban J connectivity index is 1.64. The summed E-state index contributed by atoms with van der Waals surface area (Å²) in [6, 6.07) is 11.1. The molecule has 7 nitrogen and oxygen atoms in total. The molecule has 33 heavy (non-hydrogen) atoms. The summed E-state index contributed by atoms with van der Waals surface area (Å²) in [4.78, 5) is 32.9. The molecule has 4 rings (SSSR count). The third-order valence-corrected chi connectivity index (χ3v) is 5.66. The highest BCUT2D eigenvalue weighted by atomic mass is 35.5. The van der Waals surface area contributed by atoms with E-state index in [1.807, 2.05) is 24.4 Å². The Hall–Kier alpha value is -3.65. The number of aromatic amines is 2. The Morgan fingerprint density at radius 1 is 1.21 bits per heavy atom. The molecule has 0 aliphatic heterocycles. The van der Waals surface area contributed by atoms with Gasteiger partial charge in [-0.25, -0.2) is 9.07 Å². The highest BCUT2D eigenvalue weighted by Gasteiger charge is 2.20. The average molecular weight is 469 g/mol. The number of aromatic nitrogens is 3. The van der Waals surface area contributed by atoms with Crippen molar-refractivity contribution in [3.05, 3.63) is 86.7 Å². The zero-order valence-corrected chi connectivity index (χ0v) is 18.9. The molecule has 0 aliphatic carbocycles. The van der Waals surface area contributed by atoms with Crippen molar-refractivity contribution in [3.63, 3.8) is 0 Å². The van der Waals surface area contributed by atoms with Gasteiger partial charge in [0.1, 0.15) is 5.82 Å².